The summed E-state index contributed by atoms with van der Waals surface area (Å²) < 4.78 is 30.5. The van der Waals surface area contributed by atoms with Crippen LogP contribution in [0.25, 0.3) is 6.08 Å². The van der Waals surface area contributed by atoms with Crippen LogP contribution in [-0.2, 0) is 14.3 Å². The van der Waals surface area contributed by atoms with E-state index in [0.29, 0.717) is 17.2 Å². The van der Waals surface area contributed by atoms with Crippen LogP contribution >= 0.6 is 12.2 Å². The normalized spacial score (nSPS) is 14.8. The lowest BCUT2D eigenvalue weighted by molar-refractivity contribution is -0.122. The minimum Gasteiger partial charge on any atom is -0.467 e. The molecule has 0 unspecified atom stereocenters. The Kier molecular flexibility index (Phi) is 6.95. The van der Waals surface area contributed by atoms with E-state index in [9.17, 15) is 14.0 Å². The molecule has 1 aliphatic rings. The number of carbonyl (C=O) groups is 2. The molecular weight excluding hydrogens is 459 g/mol. The highest BCUT2D eigenvalue weighted by atomic mass is 32.1. The van der Waals surface area contributed by atoms with Crippen molar-refractivity contribution in [2.75, 3.05) is 18.8 Å². The zero-order chi connectivity index (χ0) is 24.1. The molecule has 7 nitrogen and oxygen atoms in total. The van der Waals surface area contributed by atoms with Crippen molar-refractivity contribution in [1.82, 2.24) is 5.32 Å². The molecule has 0 atom stereocenters. The number of carbonyl (C=O) groups excluding carboxylic acids is 2. The van der Waals surface area contributed by atoms with E-state index in [0.717, 1.165) is 11.0 Å². The van der Waals surface area contributed by atoms with Crippen LogP contribution in [0.4, 0.5) is 10.1 Å². The van der Waals surface area contributed by atoms with Gasteiger partial charge in [0.15, 0.2) is 11.9 Å². The van der Waals surface area contributed by atoms with Crippen LogP contribution in [0.1, 0.15) is 5.56 Å². The zero-order valence-corrected chi connectivity index (χ0v) is 18.8. The summed E-state index contributed by atoms with van der Waals surface area (Å²) in [6.45, 7) is -0.132. The molecule has 1 N–H and O–H groups in total. The minimum absolute atomic E-state index is 0.0579. The van der Waals surface area contributed by atoms with Crippen molar-refractivity contribution in [3.05, 3.63) is 89.8 Å². The molecule has 2 amide bonds. The maximum absolute atomic E-state index is 14.5. The van der Waals surface area contributed by atoms with Crippen LogP contribution < -0.4 is 19.7 Å². The number of hydrogen-bond acceptors (Lipinski definition) is 6. The van der Waals surface area contributed by atoms with E-state index in [1.165, 1.54) is 25.3 Å². The summed E-state index contributed by atoms with van der Waals surface area (Å²) >= 11 is 5.23. The summed E-state index contributed by atoms with van der Waals surface area (Å²) in [5.74, 6) is -0.770. The summed E-state index contributed by atoms with van der Waals surface area (Å²) in [7, 11) is 1.42. The van der Waals surface area contributed by atoms with Crippen LogP contribution in [0.5, 0.6) is 17.2 Å². The Labute approximate surface area is 200 Å². The van der Waals surface area contributed by atoms with Crippen molar-refractivity contribution < 1.29 is 28.2 Å². The SMILES string of the molecule is COCOc1cccc(F)c1/C=C1\C(=O)NC(=S)N(c2ccc(Oc3ccccc3)cc2)C1=O. The third kappa shape index (κ3) is 4.95. The third-order valence-corrected chi connectivity index (χ3v) is 5.09. The fourth-order valence-corrected chi connectivity index (χ4v) is 3.51. The first-order chi connectivity index (χ1) is 16.5. The Morgan fingerprint density at radius 1 is 0.971 bits per heavy atom. The van der Waals surface area contributed by atoms with Gasteiger partial charge in [-0.05, 0) is 66.8 Å². The molecule has 0 bridgehead atoms. The number of halogens is 1. The number of hydrogen-bond donors (Lipinski definition) is 1. The second-order valence-electron chi connectivity index (χ2n) is 7.07. The van der Waals surface area contributed by atoms with Gasteiger partial charge in [-0.15, -0.1) is 0 Å². The molecule has 172 valence electrons. The Bertz CT molecular complexity index is 1260. The predicted octanol–water partition coefficient (Wildman–Crippen LogP) is 4.43. The first-order valence-corrected chi connectivity index (χ1v) is 10.5. The molecule has 9 heteroatoms. The van der Waals surface area contributed by atoms with Crippen molar-refractivity contribution in [2.24, 2.45) is 0 Å². The van der Waals surface area contributed by atoms with E-state index >= 15 is 0 Å². The topological polar surface area (TPSA) is 77.1 Å². The number of rotatable bonds is 7. The number of ether oxygens (including phenoxy) is 3. The van der Waals surface area contributed by atoms with Crippen LogP contribution in [0, 0.1) is 5.82 Å². The number of benzene rings is 3. The molecule has 4 rings (SSSR count). The summed E-state index contributed by atoms with van der Waals surface area (Å²) in [6, 6.07) is 20.0. The second-order valence-corrected chi connectivity index (χ2v) is 7.46. The molecule has 0 aromatic heterocycles. The van der Waals surface area contributed by atoms with E-state index in [1.807, 2.05) is 30.3 Å². The standard InChI is InChI=1S/C25H19FN2O5S/c1-31-15-32-22-9-5-8-21(26)19(22)14-20-23(29)27-25(34)28(24(20)30)16-10-12-18(13-11-16)33-17-6-3-2-4-7-17/h2-14H,15H2,1H3,(H,27,29,34)/b20-14+. The first-order valence-electron chi connectivity index (χ1n) is 10.1. The van der Waals surface area contributed by atoms with Gasteiger partial charge in [0.2, 0.25) is 0 Å². The summed E-state index contributed by atoms with van der Waals surface area (Å²) in [4.78, 5) is 27.0. The van der Waals surface area contributed by atoms with Gasteiger partial charge in [-0.3, -0.25) is 19.8 Å². The van der Waals surface area contributed by atoms with Crippen LogP contribution in [0.2, 0.25) is 0 Å². The largest absolute Gasteiger partial charge is 0.467 e. The summed E-state index contributed by atoms with van der Waals surface area (Å²) in [5.41, 5.74) is 0.0497. The number of thiocarbonyl (C=S) groups is 1. The number of methoxy groups -OCH3 is 1. The highest BCUT2D eigenvalue weighted by Crippen LogP contribution is 2.29. The molecule has 0 saturated carbocycles. The van der Waals surface area contributed by atoms with Crippen molar-refractivity contribution in [3.8, 4) is 17.2 Å². The minimum atomic E-state index is -0.740. The van der Waals surface area contributed by atoms with Crippen LogP contribution in [0.3, 0.4) is 0 Å². The van der Waals surface area contributed by atoms with E-state index in [-0.39, 0.29) is 28.8 Å². The van der Waals surface area contributed by atoms with Crippen molar-refractivity contribution in [2.45, 2.75) is 0 Å². The second kappa shape index (κ2) is 10.2. The van der Waals surface area contributed by atoms with Gasteiger partial charge in [0.25, 0.3) is 11.8 Å². The van der Waals surface area contributed by atoms with Gasteiger partial charge in [0.05, 0.1) is 11.3 Å². The van der Waals surface area contributed by atoms with Crippen LogP contribution in [-0.4, -0.2) is 30.8 Å². The number of para-hydroxylation sites is 1. The number of amides is 2. The molecule has 3 aromatic carbocycles. The lowest BCUT2D eigenvalue weighted by Crippen LogP contribution is -2.54. The van der Waals surface area contributed by atoms with Crippen molar-refractivity contribution in [3.63, 3.8) is 0 Å². The molecule has 3 aromatic rings. The molecule has 0 radical (unpaired) electrons. The molecular formula is C25H19FN2O5S. The molecule has 1 heterocycles. The van der Waals surface area contributed by atoms with Gasteiger partial charge in [-0.25, -0.2) is 4.39 Å². The molecule has 1 saturated heterocycles. The summed E-state index contributed by atoms with van der Waals surface area (Å²) in [5, 5.41) is 2.39. The molecule has 0 aliphatic carbocycles. The lowest BCUT2D eigenvalue weighted by Gasteiger charge is -2.29. The Morgan fingerprint density at radius 3 is 2.38 bits per heavy atom. The van der Waals surface area contributed by atoms with E-state index in [4.69, 9.17) is 26.4 Å². The van der Waals surface area contributed by atoms with E-state index < -0.39 is 17.6 Å². The monoisotopic (exact) mass is 478 g/mol. The Morgan fingerprint density at radius 2 is 1.68 bits per heavy atom. The number of nitrogens with one attached hydrogen (secondary N) is 1. The summed E-state index contributed by atoms with van der Waals surface area (Å²) in [6.07, 6.45) is 1.14. The van der Waals surface area contributed by atoms with Crippen molar-refractivity contribution in [1.29, 1.82) is 0 Å². The van der Waals surface area contributed by atoms with E-state index in [2.05, 4.69) is 5.32 Å². The molecule has 1 aliphatic heterocycles. The highest BCUT2D eigenvalue weighted by molar-refractivity contribution is 7.80. The molecule has 1 fully saturated rings. The fraction of sp³-hybridized carbons (Fsp3) is 0.0800. The average Bonchev–Trinajstić information content (AvgIpc) is 2.83. The van der Waals surface area contributed by atoms with Gasteiger partial charge >= 0.3 is 0 Å². The maximum atomic E-state index is 14.5. The Balaban J connectivity index is 1.63. The molecule has 0 spiro atoms. The zero-order valence-electron chi connectivity index (χ0n) is 18.0. The quantitative estimate of drug-likeness (QED) is 0.234. The van der Waals surface area contributed by atoms with Gasteiger partial charge in [-0.1, -0.05) is 24.3 Å². The van der Waals surface area contributed by atoms with Gasteiger partial charge in [0, 0.05) is 7.11 Å². The van der Waals surface area contributed by atoms with Gasteiger partial charge < -0.3 is 14.2 Å². The predicted molar refractivity (Wildman–Crippen MR) is 128 cm³/mol. The number of nitrogens with zero attached hydrogens (tertiary/aromatic N) is 1. The highest BCUT2D eigenvalue weighted by Gasteiger charge is 2.35. The van der Waals surface area contributed by atoms with Gasteiger partial charge in [0.1, 0.15) is 28.6 Å². The van der Waals surface area contributed by atoms with Gasteiger partial charge in [-0.2, -0.15) is 0 Å². The fourth-order valence-electron chi connectivity index (χ4n) is 3.23. The van der Waals surface area contributed by atoms with Crippen LogP contribution in [0.15, 0.2) is 78.4 Å². The maximum Gasteiger partial charge on any atom is 0.270 e. The smallest absolute Gasteiger partial charge is 0.270 e. The Hall–Kier alpha value is -4.08. The number of anilines is 1. The molecule has 34 heavy (non-hydrogen) atoms. The average molecular weight is 479 g/mol. The lowest BCUT2D eigenvalue weighted by atomic mass is 10.1. The van der Waals surface area contributed by atoms with E-state index in [1.54, 1.807) is 24.3 Å². The van der Waals surface area contributed by atoms with Crippen molar-refractivity contribution >= 4 is 40.9 Å². The third-order valence-electron chi connectivity index (χ3n) is 4.81. The first kappa shape index (κ1) is 23.1.